The van der Waals surface area contributed by atoms with E-state index in [0.717, 1.165) is 0 Å². The van der Waals surface area contributed by atoms with Crippen molar-refractivity contribution in [3.8, 4) is 0 Å². The lowest BCUT2D eigenvalue weighted by Crippen LogP contribution is -2.50. The van der Waals surface area contributed by atoms with Gasteiger partial charge in [0.1, 0.15) is 5.02 Å². The molecule has 152 valence electrons. The number of nitro benzene ring substituents is 1. The van der Waals surface area contributed by atoms with Crippen molar-refractivity contribution in [1.29, 1.82) is 0 Å². The quantitative estimate of drug-likeness (QED) is 0.572. The molecular weight excluding hydrogens is 419 g/mol. The number of carbonyl (C=O) groups excluding carboxylic acids is 2. The van der Waals surface area contributed by atoms with Crippen LogP contribution in [0.4, 0.5) is 11.4 Å². The number of piperazine rings is 1. The van der Waals surface area contributed by atoms with Crippen LogP contribution in [0.3, 0.4) is 0 Å². The van der Waals surface area contributed by atoms with Crippen LogP contribution in [0, 0.1) is 10.1 Å². The first-order chi connectivity index (χ1) is 13.8. The zero-order chi connectivity index (χ0) is 21.0. The van der Waals surface area contributed by atoms with E-state index in [1.54, 1.807) is 29.2 Å². The van der Waals surface area contributed by atoms with Gasteiger partial charge < -0.3 is 10.2 Å². The molecule has 1 aliphatic heterocycles. The summed E-state index contributed by atoms with van der Waals surface area (Å²) >= 11 is 11.6. The summed E-state index contributed by atoms with van der Waals surface area (Å²) in [6.45, 7) is 2.22. The monoisotopic (exact) mass is 436 g/mol. The number of amides is 2. The van der Waals surface area contributed by atoms with Gasteiger partial charge in [-0.1, -0.05) is 23.2 Å². The Morgan fingerprint density at radius 3 is 2.31 bits per heavy atom. The summed E-state index contributed by atoms with van der Waals surface area (Å²) in [4.78, 5) is 38.8. The fraction of sp³-hybridized carbons (Fsp3) is 0.263. The summed E-state index contributed by atoms with van der Waals surface area (Å²) in [6.07, 6.45) is 0. The number of benzene rings is 2. The molecule has 10 heteroatoms. The van der Waals surface area contributed by atoms with E-state index in [0.29, 0.717) is 42.5 Å². The Bertz CT molecular complexity index is 928. The highest BCUT2D eigenvalue weighted by Gasteiger charge is 2.23. The second kappa shape index (κ2) is 9.21. The van der Waals surface area contributed by atoms with E-state index >= 15 is 0 Å². The lowest BCUT2D eigenvalue weighted by molar-refractivity contribution is -0.384. The van der Waals surface area contributed by atoms with Crippen LogP contribution in [0.15, 0.2) is 42.5 Å². The molecule has 0 aromatic heterocycles. The number of nitrogens with zero attached hydrogens (tertiary/aromatic N) is 3. The number of nitro groups is 1. The zero-order valence-electron chi connectivity index (χ0n) is 15.3. The van der Waals surface area contributed by atoms with E-state index in [4.69, 9.17) is 23.2 Å². The molecule has 1 aliphatic rings. The molecular formula is C19H18Cl2N4O4. The van der Waals surface area contributed by atoms with Crippen LogP contribution in [-0.4, -0.2) is 59.3 Å². The summed E-state index contributed by atoms with van der Waals surface area (Å²) in [6, 6.07) is 10.8. The zero-order valence-corrected chi connectivity index (χ0v) is 16.8. The summed E-state index contributed by atoms with van der Waals surface area (Å²) in [5, 5.41) is 14.2. The third kappa shape index (κ3) is 5.44. The number of anilines is 1. The van der Waals surface area contributed by atoms with Gasteiger partial charge in [0, 0.05) is 48.5 Å². The third-order valence-corrected chi connectivity index (χ3v) is 5.12. The predicted octanol–water partition coefficient (Wildman–Crippen LogP) is 3.30. The molecule has 2 amide bonds. The molecule has 0 bridgehead atoms. The van der Waals surface area contributed by atoms with Crippen LogP contribution in [0.1, 0.15) is 10.4 Å². The molecule has 1 heterocycles. The lowest BCUT2D eigenvalue weighted by atomic mass is 10.2. The van der Waals surface area contributed by atoms with E-state index in [1.165, 1.54) is 18.2 Å². The predicted molar refractivity (Wildman–Crippen MR) is 111 cm³/mol. The van der Waals surface area contributed by atoms with Gasteiger partial charge in [0.25, 0.3) is 11.6 Å². The topological polar surface area (TPSA) is 95.8 Å². The minimum atomic E-state index is -0.602. The molecule has 2 aromatic carbocycles. The van der Waals surface area contributed by atoms with Crippen molar-refractivity contribution < 1.29 is 14.5 Å². The van der Waals surface area contributed by atoms with Crippen LogP contribution >= 0.6 is 23.2 Å². The Hall–Kier alpha value is -2.68. The SMILES string of the molecule is O=C(CN1CCN(C(=O)c2ccc(Cl)cc2)CC1)Nc1ccc(Cl)c([N+](=O)[O-])c1. The first-order valence-corrected chi connectivity index (χ1v) is 9.60. The van der Waals surface area contributed by atoms with Crippen molar-refractivity contribution in [2.75, 3.05) is 38.0 Å². The molecule has 29 heavy (non-hydrogen) atoms. The van der Waals surface area contributed by atoms with Crippen LogP contribution in [0.2, 0.25) is 10.0 Å². The molecule has 0 atom stereocenters. The number of carbonyl (C=O) groups is 2. The Morgan fingerprint density at radius 1 is 1.03 bits per heavy atom. The Kier molecular flexibility index (Phi) is 6.68. The average molecular weight is 437 g/mol. The molecule has 0 radical (unpaired) electrons. The molecule has 1 saturated heterocycles. The van der Waals surface area contributed by atoms with Crippen molar-refractivity contribution in [3.63, 3.8) is 0 Å². The Balaban J connectivity index is 1.51. The Labute approximate surface area is 177 Å². The van der Waals surface area contributed by atoms with Gasteiger partial charge in [0.05, 0.1) is 11.5 Å². The van der Waals surface area contributed by atoms with E-state index in [2.05, 4.69) is 5.32 Å². The van der Waals surface area contributed by atoms with Gasteiger partial charge >= 0.3 is 0 Å². The fourth-order valence-corrected chi connectivity index (χ4v) is 3.33. The minimum absolute atomic E-state index is 0.00877. The van der Waals surface area contributed by atoms with Crippen molar-refractivity contribution in [2.45, 2.75) is 0 Å². The van der Waals surface area contributed by atoms with Gasteiger partial charge in [-0.05, 0) is 36.4 Å². The van der Waals surface area contributed by atoms with Gasteiger partial charge in [-0.25, -0.2) is 0 Å². The van der Waals surface area contributed by atoms with Crippen LogP contribution < -0.4 is 5.32 Å². The van der Waals surface area contributed by atoms with Crippen LogP contribution in [0.25, 0.3) is 0 Å². The summed E-state index contributed by atoms with van der Waals surface area (Å²) < 4.78 is 0. The lowest BCUT2D eigenvalue weighted by Gasteiger charge is -2.34. The second-order valence-corrected chi connectivity index (χ2v) is 7.39. The highest BCUT2D eigenvalue weighted by Crippen LogP contribution is 2.27. The van der Waals surface area contributed by atoms with Gasteiger partial charge in [0.2, 0.25) is 5.91 Å². The number of halogens is 2. The van der Waals surface area contributed by atoms with Crippen LogP contribution in [0.5, 0.6) is 0 Å². The maximum Gasteiger partial charge on any atom is 0.289 e. The average Bonchev–Trinajstić information content (AvgIpc) is 2.70. The standard InChI is InChI=1S/C19H18Cl2N4O4/c20-14-3-1-13(2-4-14)19(27)24-9-7-23(8-10-24)12-18(26)22-15-5-6-16(21)17(11-15)25(28)29/h1-6,11H,7-10,12H2,(H,22,26). The van der Waals surface area contributed by atoms with Crippen molar-refractivity contribution >= 4 is 46.4 Å². The molecule has 1 fully saturated rings. The van der Waals surface area contributed by atoms with Crippen LogP contribution in [-0.2, 0) is 4.79 Å². The summed E-state index contributed by atoms with van der Waals surface area (Å²) in [5.74, 6) is -0.363. The molecule has 0 spiro atoms. The summed E-state index contributed by atoms with van der Waals surface area (Å²) in [5.41, 5.74) is 0.617. The number of hydrogen-bond donors (Lipinski definition) is 1. The first-order valence-electron chi connectivity index (χ1n) is 8.84. The number of rotatable bonds is 5. The Morgan fingerprint density at radius 2 is 1.69 bits per heavy atom. The highest BCUT2D eigenvalue weighted by atomic mass is 35.5. The summed E-state index contributed by atoms with van der Waals surface area (Å²) in [7, 11) is 0. The van der Waals surface area contributed by atoms with Gasteiger partial charge in [0.15, 0.2) is 0 Å². The highest BCUT2D eigenvalue weighted by molar-refractivity contribution is 6.32. The second-order valence-electron chi connectivity index (χ2n) is 6.55. The molecule has 0 saturated carbocycles. The minimum Gasteiger partial charge on any atom is -0.336 e. The van der Waals surface area contributed by atoms with Crippen molar-refractivity contribution in [3.05, 3.63) is 68.2 Å². The van der Waals surface area contributed by atoms with Gasteiger partial charge in [-0.2, -0.15) is 0 Å². The maximum atomic E-state index is 12.5. The fourth-order valence-electron chi connectivity index (χ4n) is 3.02. The molecule has 0 unspecified atom stereocenters. The van der Waals surface area contributed by atoms with Gasteiger partial charge in [-0.15, -0.1) is 0 Å². The maximum absolute atomic E-state index is 12.5. The third-order valence-electron chi connectivity index (χ3n) is 4.54. The van der Waals surface area contributed by atoms with E-state index < -0.39 is 4.92 Å². The van der Waals surface area contributed by atoms with Crippen molar-refractivity contribution in [1.82, 2.24) is 9.80 Å². The molecule has 0 aliphatic carbocycles. The first kappa shape index (κ1) is 21.0. The van der Waals surface area contributed by atoms with E-state index in [9.17, 15) is 19.7 Å². The molecule has 8 nitrogen and oxygen atoms in total. The smallest absolute Gasteiger partial charge is 0.289 e. The molecule has 1 N–H and O–H groups in total. The largest absolute Gasteiger partial charge is 0.336 e. The molecule has 2 aromatic rings. The number of hydrogen-bond acceptors (Lipinski definition) is 5. The van der Waals surface area contributed by atoms with Gasteiger partial charge in [-0.3, -0.25) is 24.6 Å². The van der Waals surface area contributed by atoms with E-state index in [1.807, 2.05) is 4.90 Å². The van der Waals surface area contributed by atoms with Crippen molar-refractivity contribution in [2.24, 2.45) is 0 Å². The normalized spacial score (nSPS) is 14.5. The molecule has 3 rings (SSSR count). The number of nitrogens with one attached hydrogen (secondary N) is 1. The van der Waals surface area contributed by atoms with E-state index in [-0.39, 0.29) is 29.1 Å².